The van der Waals surface area contributed by atoms with Gasteiger partial charge in [0.1, 0.15) is 11.4 Å². The molecule has 1 atom stereocenters. The molecule has 122 valence electrons. The van der Waals surface area contributed by atoms with Crippen LogP contribution in [0, 0.1) is 12.3 Å². The van der Waals surface area contributed by atoms with Gasteiger partial charge in [0.15, 0.2) is 0 Å². The van der Waals surface area contributed by atoms with Crippen LogP contribution in [0.1, 0.15) is 31.4 Å². The minimum Gasteiger partial charge on any atom is -0.493 e. The Morgan fingerprint density at radius 1 is 1.39 bits per heavy atom. The lowest BCUT2D eigenvalue weighted by Crippen LogP contribution is -2.34. The third-order valence-electron chi connectivity index (χ3n) is 4.16. The average Bonchev–Trinajstić information content (AvgIpc) is 3.15. The van der Waals surface area contributed by atoms with Gasteiger partial charge in [-0.2, -0.15) is 0 Å². The smallest absolute Gasteiger partial charge is 0.219 e. The number of benzene rings is 1. The minimum absolute atomic E-state index is 0.148. The van der Waals surface area contributed by atoms with Crippen molar-refractivity contribution >= 4 is 11.6 Å². The lowest BCUT2D eigenvalue weighted by molar-refractivity contribution is 0.306. The van der Waals surface area contributed by atoms with E-state index in [0.717, 1.165) is 36.7 Å². The summed E-state index contributed by atoms with van der Waals surface area (Å²) < 4.78 is 11.7. The first-order chi connectivity index (χ1) is 11.1. The van der Waals surface area contributed by atoms with Gasteiger partial charge < -0.3 is 19.5 Å². The molecule has 1 saturated heterocycles. The molecule has 1 aromatic heterocycles. The molecule has 0 unspecified atom stereocenters. The third kappa shape index (κ3) is 3.55. The lowest BCUT2D eigenvalue weighted by Gasteiger charge is -2.23. The quantitative estimate of drug-likeness (QED) is 0.828. The molecule has 1 aliphatic rings. The van der Waals surface area contributed by atoms with Crippen molar-refractivity contribution in [2.75, 3.05) is 18.1 Å². The lowest BCUT2D eigenvalue weighted by atomic mass is 10.1. The molecule has 0 spiro atoms. The fourth-order valence-electron chi connectivity index (χ4n) is 3.05. The van der Waals surface area contributed by atoms with E-state index in [1.807, 2.05) is 44.2 Å². The number of oxazole rings is 1. The molecule has 3 rings (SSSR count). The first-order valence-electron chi connectivity index (χ1n) is 8.11. The molecule has 23 heavy (non-hydrogen) atoms. The van der Waals surface area contributed by atoms with E-state index in [2.05, 4.69) is 9.88 Å². The van der Waals surface area contributed by atoms with Gasteiger partial charge in [-0.15, -0.1) is 0 Å². The molecule has 2 aromatic rings. The van der Waals surface area contributed by atoms with E-state index in [0.29, 0.717) is 24.6 Å². The van der Waals surface area contributed by atoms with Crippen molar-refractivity contribution in [3.63, 3.8) is 0 Å². The highest BCUT2D eigenvalue weighted by molar-refractivity contribution is 5.87. The van der Waals surface area contributed by atoms with Crippen LogP contribution in [0.25, 0.3) is 0 Å². The maximum Gasteiger partial charge on any atom is 0.219 e. The van der Waals surface area contributed by atoms with Crippen molar-refractivity contribution in [1.29, 1.82) is 5.41 Å². The van der Waals surface area contributed by atoms with E-state index in [1.54, 1.807) is 0 Å². The SMILES string of the molecule is CC(=N)[C@@H]1CCCN1c1oc(CCOc2ccccc2)nc1C. The summed E-state index contributed by atoms with van der Waals surface area (Å²) in [5.74, 6) is 2.37. The van der Waals surface area contributed by atoms with Gasteiger partial charge in [0, 0.05) is 12.3 Å². The van der Waals surface area contributed by atoms with E-state index in [4.69, 9.17) is 14.6 Å². The van der Waals surface area contributed by atoms with Crippen LogP contribution in [0.4, 0.5) is 5.88 Å². The molecular formula is C18H23N3O2. The van der Waals surface area contributed by atoms with Gasteiger partial charge in [-0.1, -0.05) is 18.2 Å². The summed E-state index contributed by atoms with van der Waals surface area (Å²) in [6.45, 7) is 5.30. The summed E-state index contributed by atoms with van der Waals surface area (Å²) in [7, 11) is 0. The topological polar surface area (TPSA) is 62.4 Å². The van der Waals surface area contributed by atoms with Crippen molar-refractivity contribution in [2.24, 2.45) is 0 Å². The second kappa shape index (κ2) is 6.86. The Labute approximate surface area is 136 Å². The molecule has 5 heteroatoms. The number of nitrogens with zero attached hydrogens (tertiary/aromatic N) is 2. The molecule has 0 aliphatic carbocycles. The Bertz CT molecular complexity index is 666. The Balaban J connectivity index is 1.63. The van der Waals surface area contributed by atoms with Crippen molar-refractivity contribution in [3.8, 4) is 5.75 Å². The van der Waals surface area contributed by atoms with Crippen LogP contribution in [0.5, 0.6) is 5.75 Å². The molecule has 0 saturated carbocycles. The highest BCUT2D eigenvalue weighted by atomic mass is 16.5. The normalized spacial score (nSPS) is 17.5. The summed E-state index contributed by atoms with van der Waals surface area (Å²) in [4.78, 5) is 6.69. The number of hydrogen-bond acceptors (Lipinski definition) is 5. The maximum absolute atomic E-state index is 7.93. The number of anilines is 1. The molecule has 1 fully saturated rings. The largest absolute Gasteiger partial charge is 0.493 e. The molecule has 0 bridgehead atoms. The zero-order valence-electron chi connectivity index (χ0n) is 13.7. The maximum atomic E-state index is 7.93. The number of nitrogens with one attached hydrogen (secondary N) is 1. The summed E-state index contributed by atoms with van der Waals surface area (Å²) in [5, 5.41) is 7.93. The summed E-state index contributed by atoms with van der Waals surface area (Å²) in [6, 6.07) is 9.90. The number of aryl methyl sites for hydroxylation is 1. The monoisotopic (exact) mass is 313 g/mol. The Morgan fingerprint density at radius 3 is 2.91 bits per heavy atom. The van der Waals surface area contributed by atoms with Crippen LogP contribution in [-0.4, -0.2) is 29.9 Å². The predicted molar refractivity (Wildman–Crippen MR) is 90.6 cm³/mol. The van der Waals surface area contributed by atoms with Gasteiger partial charge in [-0.05, 0) is 38.8 Å². The molecule has 5 nitrogen and oxygen atoms in total. The van der Waals surface area contributed by atoms with Crippen molar-refractivity contribution in [2.45, 2.75) is 39.2 Å². The van der Waals surface area contributed by atoms with E-state index in [9.17, 15) is 0 Å². The van der Waals surface area contributed by atoms with Crippen LogP contribution in [-0.2, 0) is 6.42 Å². The van der Waals surface area contributed by atoms with Gasteiger partial charge >= 0.3 is 0 Å². The van der Waals surface area contributed by atoms with Gasteiger partial charge in [-0.25, -0.2) is 4.98 Å². The van der Waals surface area contributed by atoms with Gasteiger partial charge in [-0.3, -0.25) is 0 Å². The van der Waals surface area contributed by atoms with Crippen LogP contribution < -0.4 is 9.64 Å². The Kier molecular flexibility index (Phi) is 4.65. The van der Waals surface area contributed by atoms with Crippen LogP contribution in [0.3, 0.4) is 0 Å². The van der Waals surface area contributed by atoms with Gasteiger partial charge in [0.05, 0.1) is 19.1 Å². The van der Waals surface area contributed by atoms with Gasteiger partial charge in [0.2, 0.25) is 11.8 Å². The minimum atomic E-state index is 0.148. The second-order valence-electron chi connectivity index (χ2n) is 5.94. The zero-order chi connectivity index (χ0) is 16.2. The number of ether oxygens (including phenoxy) is 1. The van der Waals surface area contributed by atoms with Crippen molar-refractivity contribution in [3.05, 3.63) is 41.9 Å². The van der Waals surface area contributed by atoms with E-state index >= 15 is 0 Å². The second-order valence-corrected chi connectivity index (χ2v) is 5.94. The van der Waals surface area contributed by atoms with Crippen LogP contribution in [0.15, 0.2) is 34.7 Å². The first kappa shape index (κ1) is 15.6. The summed E-state index contributed by atoms with van der Waals surface area (Å²) in [5.41, 5.74) is 1.58. The fourth-order valence-corrected chi connectivity index (χ4v) is 3.05. The molecule has 1 aliphatic heterocycles. The molecule has 2 heterocycles. The molecule has 0 radical (unpaired) electrons. The Hall–Kier alpha value is -2.30. The Morgan fingerprint density at radius 2 is 2.17 bits per heavy atom. The third-order valence-corrected chi connectivity index (χ3v) is 4.16. The number of rotatable bonds is 6. The van der Waals surface area contributed by atoms with Crippen molar-refractivity contribution in [1.82, 2.24) is 4.98 Å². The average molecular weight is 313 g/mol. The standard InChI is InChI=1S/C18H23N3O2/c1-13(19)16-9-6-11-21(16)18-14(2)20-17(23-18)10-12-22-15-7-4-3-5-8-15/h3-5,7-8,16,19H,6,9-12H2,1-2H3/t16-/m0/s1. The highest BCUT2D eigenvalue weighted by Gasteiger charge is 2.30. The predicted octanol–water partition coefficient (Wildman–Crippen LogP) is 3.61. The number of hydrogen-bond donors (Lipinski definition) is 1. The van der Waals surface area contributed by atoms with Crippen LogP contribution >= 0.6 is 0 Å². The highest BCUT2D eigenvalue weighted by Crippen LogP contribution is 2.30. The van der Waals surface area contributed by atoms with Crippen LogP contribution in [0.2, 0.25) is 0 Å². The van der Waals surface area contributed by atoms with E-state index < -0.39 is 0 Å². The summed E-state index contributed by atoms with van der Waals surface area (Å²) in [6.07, 6.45) is 2.74. The fraction of sp³-hybridized carbons (Fsp3) is 0.444. The number of para-hydroxylation sites is 1. The summed E-state index contributed by atoms with van der Waals surface area (Å²) >= 11 is 0. The number of aromatic nitrogens is 1. The molecular weight excluding hydrogens is 290 g/mol. The van der Waals surface area contributed by atoms with E-state index in [1.165, 1.54) is 0 Å². The molecule has 1 N–H and O–H groups in total. The van der Waals surface area contributed by atoms with E-state index in [-0.39, 0.29) is 6.04 Å². The van der Waals surface area contributed by atoms with Gasteiger partial charge in [0.25, 0.3) is 0 Å². The van der Waals surface area contributed by atoms with Crippen molar-refractivity contribution < 1.29 is 9.15 Å². The zero-order valence-corrected chi connectivity index (χ0v) is 13.7. The molecule has 1 aromatic carbocycles. The first-order valence-corrected chi connectivity index (χ1v) is 8.11. The molecule has 0 amide bonds.